The maximum Gasteiger partial charge on any atom is 0.248 e. The predicted molar refractivity (Wildman–Crippen MR) is 82.2 cm³/mol. The van der Waals surface area contributed by atoms with Crippen molar-refractivity contribution in [2.75, 3.05) is 11.6 Å². The van der Waals surface area contributed by atoms with Crippen LogP contribution in [0.15, 0.2) is 42.5 Å². The molecule has 106 valence electrons. The van der Waals surface area contributed by atoms with Gasteiger partial charge in [0, 0.05) is 18.4 Å². The summed E-state index contributed by atoms with van der Waals surface area (Å²) in [4.78, 5) is 22.9. The molecule has 1 fully saturated rings. The summed E-state index contributed by atoms with van der Waals surface area (Å²) in [7, 11) is 0. The third kappa shape index (κ3) is 3.87. The summed E-state index contributed by atoms with van der Waals surface area (Å²) in [6, 6.07) is 9.68. The van der Waals surface area contributed by atoms with Crippen LogP contribution in [0.4, 0.5) is 5.69 Å². The number of β-lactam (4-membered cyclic amide) rings is 1. The number of anilines is 1. The number of nitrogens with one attached hydrogen (secondary N) is 1. The molecule has 2 rings (SSSR count). The van der Waals surface area contributed by atoms with E-state index in [0.29, 0.717) is 12.5 Å². The van der Waals surface area contributed by atoms with Gasteiger partial charge in [-0.3, -0.25) is 13.9 Å². The normalized spacial score (nSPS) is 18.1. The van der Waals surface area contributed by atoms with Gasteiger partial charge in [-0.15, -0.1) is 0 Å². The lowest BCUT2D eigenvalue weighted by atomic mass is 10.0. The van der Waals surface area contributed by atoms with Crippen LogP contribution in [0.5, 0.6) is 0 Å². The molecule has 1 saturated heterocycles. The minimum absolute atomic E-state index is 0.123. The highest BCUT2D eigenvalue weighted by Crippen LogP contribution is 2.29. The molecular formula is C15H18N2O2S. The van der Waals surface area contributed by atoms with Gasteiger partial charge in [0.05, 0.1) is 6.04 Å². The minimum Gasteiger partial charge on any atom is -0.323 e. The molecule has 4 nitrogen and oxygen atoms in total. The van der Waals surface area contributed by atoms with Crippen LogP contribution in [0, 0.1) is 0 Å². The molecule has 1 unspecified atom stereocenters. The lowest BCUT2D eigenvalue weighted by molar-refractivity contribution is -0.136. The second-order valence-corrected chi connectivity index (χ2v) is 5.35. The molecule has 1 aliphatic heterocycles. The molecule has 2 amide bonds. The molecule has 1 heterocycles. The van der Waals surface area contributed by atoms with Crippen LogP contribution in [-0.4, -0.2) is 28.4 Å². The summed E-state index contributed by atoms with van der Waals surface area (Å²) in [5, 5.41) is 2.79. The Hall–Kier alpha value is -1.75. The van der Waals surface area contributed by atoms with Crippen LogP contribution in [0.1, 0.15) is 19.3 Å². The number of para-hydroxylation sites is 1. The molecule has 0 bridgehead atoms. The number of hydrogen-bond donors (Lipinski definition) is 1. The fourth-order valence-electron chi connectivity index (χ4n) is 2.12. The Balaban J connectivity index is 1.69. The molecule has 5 heteroatoms. The van der Waals surface area contributed by atoms with Crippen LogP contribution in [-0.2, 0) is 9.59 Å². The SMILES string of the molecule is CSN1C(=O)CC1CC/C=C/C(=O)Nc1ccccc1. The fraction of sp³-hybridized carbons (Fsp3) is 0.333. The summed E-state index contributed by atoms with van der Waals surface area (Å²) >= 11 is 1.47. The number of nitrogens with zero attached hydrogens (tertiary/aromatic N) is 1. The number of amides is 2. The van der Waals surface area contributed by atoms with E-state index in [1.807, 2.05) is 42.7 Å². The first-order valence-electron chi connectivity index (χ1n) is 6.59. The van der Waals surface area contributed by atoms with Crippen molar-refractivity contribution in [3.8, 4) is 0 Å². The highest BCUT2D eigenvalue weighted by molar-refractivity contribution is 7.96. The van der Waals surface area contributed by atoms with E-state index >= 15 is 0 Å². The monoisotopic (exact) mass is 290 g/mol. The Bertz CT molecular complexity index is 502. The topological polar surface area (TPSA) is 49.4 Å². The van der Waals surface area contributed by atoms with Crippen molar-refractivity contribution in [2.24, 2.45) is 0 Å². The Morgan fingerprint density at radius 2 is 2.20 bits per heavy atom. The van der Waals surface area contributed by atoms with E-state index in [2.05, 4.69) is 5.32 Å². The molecular weight excluding hydrogens is 272 g/mol. The molecule has 1 atom stereocenters. The molecule has 20 heavy (non-hydrogen) atoms. The van der Waals surface area contributed by atoms with E-state index in [1.165, 1.54) is 11.9 Å². The Labute approximate surface area is 123 Å². The van der Waals surface area contributed by atoms with E-state index in [-0.39, 0.29) is 11.8 Å². The summed E-state index contributed by atoms with van der Waals surface area (Å²) < 4.78 is 1.80. The third-order valence-corrected chi connectivity index (χ3v) is 4.06. The van der Waals surface area contributed by atoms with Gasteiger partial charge in [-0.05, 0) is 31.1 Å². The first kappa shape index (κ1) is 14.7. The minimum atomic E-state index is -0.123. The predicted octanol–water partition coefficient (Wildman–Crippen LogP) is 2.84. The molecule has 0 radical (unpaired) electrons. The van der Waals surface area contributed by atoms with Gasteiger partial charge in [-0.25, -0.2) is 0 Å². The van der Waals surface area contributed by atoms with Crippen molar-refractivity contribution < 1.29 is 9.59 Å². The van der Waals surface area contributed by atoms with Crippen molar-refractivity contribution in [3.05, 3.63) is 42.5 Å². The molecule has 1 aliphatic rings. The van der Waals surface area contributed by atoms with E-state index in [1.54, 1.807) is 10.4 Å². The summed E-state index contributed by atoms with van der Waals surface area (Å²) in [5.74, 6) is 0.0795. The first-order chi connectivity index (χ1) is 9.70. The zero-order valence-corrected chi connectivity index (χ0v) is 12.2. The lowest BCUT2D eigenvalue weighted by Gasteiger charge is -2.38. The Kier molecular flexibility index (Phi) is 5.24. The van der Waals surface area contributed by atoms with Gasteiger partial charge in [-0.1, -0.05) is 36.2 Å². The number of benzene rings is 1. The smallest absolute Gasteiger partial charge is 0.248 e. The van der Waals surface area contributed by atoms with E-state index in [0.717, 1.165) is 18.5 Å². The molecule has 0 saturated carbocycles. The standard InChI is InChI=1S/C15H18N2O2S/c1-20-17-13(11-15(17)19)9-5-6-10-14(18)16-12-7-3-2-4-8-12/h2-4,6-8,10,13H,5,9,11H2,1H3,(H,16,18)/b10-6+. The molecule has 1 aromatic carbocycles. The highest BCUT2D eigenvalue weighted by Gasteiger charge is 2.34. The van der Waals surface area contributed by atoms with E-state index < -0.39 is 0 Å². The Morgan fingerprint density at radius 3 is 2.85 bits per heavy atom. The van der Waals surface area contributed by atoms with E-state index in [9.17, 15) is 9.59 Å². The van der Waals surface area contributed by atoms with Crippen LogP contribution in [0.25, 0.3) is 0 Å². The zero-order chi connectivity index (χ0) is 14.4. The second kappa shape index (κ2) is 7.14. The number of allylic oxidation sites excluding steroid dienone is 1. The molecule has 0 spiro atoms. The highest BCUT2D eigenvalue weighted by atomic mass is 32.2. The van der Waals surface area contributed by atoms with Crippen LogP contribution in [0.3, 0.4) is 0 Å². The molecule has 1 aromatic rings. The van der Waals surface area contributed by atoms with Crippen molar-refractivity contribution in [3.63, 3.8) is 0 Å². The van der Waals surface area contributed by atoms with Gasteiger partial charge in [0.15, 0.2) is 0 Å². The fourth-order valence-corrected chi connectivity index (χ4v) is 2.88. The van der Waals surface area contributed by atoms with Gasteiger partial charge in [0.25, 0.3) is 0 Å². The second-order valence-electron chi connectivity index (χ2n) is 4.60. The van der Waals surface area contributed by atoms with Crippen molar-refractivity contribution in [1.82, 2.24) is 4.31 Å². The number of rotatable bonds is 6. The van der Waals surface area contributed by atoms with Gasteiger partial charge in [-0.2, -0.15) is 0 Å². The molecule has 1 N–H and O–H groups in total. The quantitative estimate of drug-likeness (QED) is 0.498. The van der Waals surface area contributed by atoms with Gasteiger partial charge < -0.3 is 5.32 Å². The van der Waals surface area contributed by atoms with Crippen molar-refractivity contribution >= 4 is 29.4 Å². The average molecular weight is 290 g/mol. The van der Waals surface area contributed by atoms with E-state index in [4.69, 9.17) is 0 Å². The summed E-state index contributed by atoms with van der Waals surface area (Å²) in [6.07, 6.45) is 7.66. The van der Waals surface area contributed by atoms with Crippen LogP contribution in [0.2, 0.25) is 0 Å². The zero-order valence-electron chi connectivity index (χ0n) is 11.4. The third-order valence-electron chi connectivity index (χ3n) is 3.16. The average Bonchev–Trinajstić information content (AvgIpc) is 2.43. The lowest BCUT2D eigenvalue weighted by Crippen LogP contribution is -2.47. The summed E-state index contributed by atoms with van der Waals surface area (Å²) in [5.41, 5.74) is 0.792. The summed E-state index contributed by atoms with van der Waals surface area (Å²) in [6.45, 7) is 0. The maximum atomic E-state index is 11.6. The number of carbonyl (C=O) groups excluding carboxylic acids is 2. The first-order valence-corrected chi connectivity index (χ1v) is 7.77. The van der Waals surface area contributed by atoms with Crippen LogP contribution < -0.4 is 5.32 Å². The molecule has 0 aliphatic carbocycles. The Morgan fingerprint density at radius 1 is 1.45 bits per heavy atom. The largest absolute Gasteiger partial charge is 0.323 e. The van der Waals surface area contributed by atoms with Crippen molar-refractivity contribution in [1.29, 1.82) is 0 Å². The maximum absolute atomic E-state index is 11.6. The van der Waals surface area contributed by atoms with Gasteiger partial charge >= 0.3 is 0 Å². The number of carbonyl (C=O) groups is 2. The van der Waals surface area contributed by atoms with Crippen LogP contribution >= 0.6 is 11.9 Å². The van der Waals surface area contributed by atoms with Gasteiger partial charge in [0.1, 0.15) is 0 Å². The molecule has 0 aromatic heterocycles. The van der Waals surface area contributed by atoms with Gasteiger partial charge in [0.2, 0.25) is 11.8 Å². The number of hydrogen-bond acceptors (Lipinski definition) is 3. The van der Waals surface area contributed by atoms with Crippen molar-refractivity contribution in [2.45, 2.75) is 25.3 Å².